The molecule has 0 bridgehead atoms. The van der Waals surface area contributed by atoms with Gasteiger partial charge in [0.15, 0.2) is 5.76 Å². The quantitative estimate of drug-likeness (QED) is 0.419. The Hall–Kier alpha value is -3.23. The van der Waals surface area contributed by atoms with Gasteiger partial charge < -0.3 is 24.6 Å². The van der Waals surface area contributed by atoms with E-state index >= 15 is 0 Å². The highest BCUT2D eigenvalue weighted by Gasteiger charge is 2.28. The van der Waals surface area contributed by atoms with E-state index in [0.717, 1.165) is 11.1 Å². The molecule has 176 valence electrons. The standard InChI is InChI=1S/C25H28FNO6/c1-31-25(30)19-8-6-18(7-9-19)20-14-22(33-23(15-20)32-13-3-2-12-28)24(29)27-16-17-4-10-21(26)11-5-17/h4-11,14,20,23,28H,2-3,12-13,15-16H2,1H3,(H,27,29)/t20-,23+/m1/s1. The Kier molecular flexibility index (Phi) is 8.97. The van der Waals surface area contributed by atoms with Gasteiger partial charge in [0.05, 0.1) is 19.3 Å². The lowest BCUT2D eigenvalue weighted by Crippen LogP contribution is -2.32. The smallest absolute Gasteiger partial charge is 0.337 e. The zero-order chi connectivity index (χ0) is 23.6. The number of halogens is 1. The lowest BCUT2D eigenvalue weighted by atomic mass is 9.92. The monoisotopic (exact) mass is 457 g/mol. The molecule has 2 aromatic rings. The van der Waals surface area contributed by atoms with E-state index < -0.39 is 18.2 Å². The maximum atomic E-state index is 13.1. The summed E-state index contributed by atoms with van der Waals surface area (Å²) in [5.41, 5.74) is 2.10. The number of benzene rings is 2. The van der Waals surface area contributed by atoms with Gasteiger partial charge in [0.1, 0.15) is 5.82 Å². The summed E-state index contributed by atoms with van der Waals surface area (Å²) in [7, 11) is 1.33. The number of esters is 1. The fraction of sp³-hybridized carbons (Fsp3) is 0.360. The second kappa shape index (κ2) is 12.1. The van der Waals surface area contributed by atoms with Crippen molar-refractivity contribution in [3.8, 4) is 0 Å². The van der Waals surface area contributed by atoms with E-state index in [1.165, 1.54) is 19.2 Å². The van der Waals surface area contributed by atoms with Crippen molar-refractivity contribution in [3.05, 3.63) is 82.9 Å². The van der Waals surface area contributed by atoms with Gasteiger partial charge in [0.2, 0.25) is 6.29 Å². The molecule has 3 rings (SSSR count). The normalized spacial score (nSPS) is 17.6. The number of unbranched alkanes of at least 4 members (excludes halogenated alkanes) is 1. The molecular weight excluding hydrogens is 429 g/mol. The van der Waals surface area contributed by atoms with Crippen LogP contribution in [0, 0.1) is 5.82 Å². The fourth-order valence-electron chi connectivity index (χ4n) is 3.44. The average molecular weight is 457 g/mol. The Morgan fingerprint density at radius 2 is 1.85 bits per heavy atom. The molecule has 8 heteroatoms. The molecule has 2 atom stereocenters. The van der Waals surface area contributed by atoms with Crippen molar-refractivity contribution in [3.63, 3.8) is 0 Å². The Morgan fingerprint density at radius 1 is 1.12 bits per heavy atom. The maximum absolute atomic E-state index is 13.1. The Labute approximate surface area is 192 Å². The van der Waals surface area contributed by atoms with Crippen LogP contribution in [0.5, 0.6) is 0 Å². The van der Waals surface area contributed by atoms with Gasteiger partial charge in [-0.15, -0.1) is 0 Å². The van der Waals surface area contributed by atoms with E-state index in [-0.39, 0.29) is 30.6 Å². The zero-order valence-corrected chi connectivity index (χ0v) is 18.5. The number of aliphatic hydroxyl groups is 1. The summed E-state index contributed by atoms with van der Waals surface area (Å²) >= 11 is 0. The molecule has 1 heterocycles. The number of methoxy groups -OCH3 is 1. The van der Waals surface area contributed by atoms with Crippen LogP contribution in [0.4, 0.5) is 4.39 Å². The van der Waals surface area contributed by atoms with Crippen molar-refractivity contribution in [1.29, 1.82) is 0 Å². The molecule has 33 heavy (non-hydrogen) atoms. The zero-order valence-electron chi connectivity index (χ0n) is 18.5. The van der Waals surface area contributed by atoms with Crippen LogP contribution in [0.2, 0.25) is 0 Å². The van der Waals surface area contributed by atoms with Gasteiger partial charge in [-0.3, -0.25) is 4.79 Å². The van der Waals surface area contributed by atoms with Crippen molar-refractivity contribution in [2.24, 2.45) is 0 Å². The summed E-state index contributed by atoms with van der Waals surface area (Å²) < 4.78 is 29.4. The predicted octanol–water partition coefficient (Wildman–Crippen LogP) is 3.43. The second-order valence-electron chi connectivity index (χ2n) is 7.64. The molecule has 0 aromatic heterocycles. The molecule has 0 saturated carbocycles. The Morgan fingerprint density at radius 3 is 2.52 bits per heavy atom. The summed E-state index contributed by atoms with van der Waals surface area (Å²) in [6, 6.07) is 12.9. The van der Waals surface area contributed by atoms with Crippen molar-refractivity contribution in [1.82, 2.24) is 5.32 Å². The summed E-state index contributed by atoms with van der Waals surface area (Å²) in [6.07, 6.45) is 2.88. The minimum Gasteiger partial charge on any atom is -0.465 e. The van der Waals surface area contributed by atoms with Crippen LogP contribution in [-0.2, 0) is 25.5 Å². The molecule has 2 N–H and O–H groups in total. The van der Waals surface area contributed by atoms with Gasteiger partial charge in [-0.25, -0.2) is 9.18 Å². The Balaban J connectivity index is 1.72. The number of nitrogens with one attached hydrogen (secondary N) is 1. The molecule has 0 unspecified atom stereocenters. The molecule has 0 radical (unpaired) electrons. The molecule has 1 aliphatic heterocycles. The van der Waals surface area contributed by atoms with Gasteiger partial charge in [-0.1, -0.05) is 24.3 Å². The first-order chi connectivity index (χ1) is 16.0. The minimum atomic E-state index is -0.634. The third kappa shape index (κ3) is 7.13. The highest BCUT2D eigenvalue weighted by atomic mass is 19.1. The molecule has 0 saturated heterocycles. The number of ether oxygens (including phenoxy) is 3. The molecule has 0 aliphatic carbocycles. The highest BCUT2D eigenvalue weighted by molar-refractivity contribution is 5.91. The topological polar surface area (TPSA) is 94.1 Å². The number of hydrogen-bond acceptors (Lipinski definition) is 6. The number of carbonyl (C=O) groups excluding carboxylic acids is 2. The summed E-state index contributed by atoms with van der Waals surface area (Å²) in [6.45, 7) is 0.699. The summed E-state index contributed by atoms with van der Waals surface area (Å²) in [5.74, 6) is -1.20. The van der Waals surface area contributed by atoms with Crippen LogP contribution in [0.3, 0.4) is 0 Å². The van der Waals surface area contributed by atoms with Gasteiger partial charge in [0, 0.05) is 25.5 Å². The SMILES string of the molecule is COC(=O)c1ccc([C@@H]2C=C(C(=O)NCc3ccc(F)cc3)O[C@H](OCCCCO)C2)cc1. The number of rotatable bonds is 10. The first-order valence-electron chi connectivity index (χ1n) is 10.8. The molecule has 1 amide bonds. The lowest BCUT2D eigenvalue weighted by Gasteiger charge is -2.29. The van der Waals surface area contributed by atoms with Crippen LogP contribution in [-0.4, -0.2) is 43.6 Å². The van der Waals surface area contributed by atoms with Crippen LogP contribution in [0.1, 0.15) is 46.7 Å². The van der Waals surface area contributed by atoms with E-state index in [9.17, 15) is 14.0 Å². The number of aliphatic hydroxyl groups excluding tert-OH is 1. The van der Waals surface area contributed by atoms with Crippen molar-refractivity contribution < 1.29 is 33.3 Å². The van der Waals surface area contributed by atoms with Crippen LogP contribution < -0.4 is 5.32 Å². The van der Waals surface area contributed by atoms with Crippen LogP contribution in [0.25, 0.3) is 0 Å². The fourth-order valence-corrected chi connectivity index (χ4v) is 3.44. The van der Waals surface area contributed by atoms with Crippen molar-refractivity contribution in [2.45, 2.75) is 38.0 Å². The predicted molar refractivity (Wildman–Crippen MR) is 119 cm³/mol. The summed E-state index contributed by atoms with van der Waals surface area (Å²) in [4.78, 5) is 24.5. The molecule has 1 aliphatic rings. The van der Waals surface area contributed by atoms with Crippen molar-refractivity contribution >= 4 is 11.9 Å². The maximum Gasteiger partial charge on any atom is 0.337 e. The van der Waals surface area contributed by atoms with E-state index in [4.69, 9.17) is 19.3 Å². The molecule has 7 nitrogen and oxygen atoms in total. The number of allylic oxidation sites excluding steroid dienone is 1. The second-order valence-corrected chi connectivity index (χ2v) is 7.64. The van der Waals surface area contributed by atoms with Crippen LogP contribution in [0.15, 0.2) is 60.4 Å². The largest absolute Gasteiger partial charge is 0.465 e. The lowest BCUT2D eigenvalue weighted by molar-refractivity contribution is -0.146. The first-order valence-corrected chi connectivity index (χ1v) is 10.8. The molecular formula is C25H28FNO6. The minimum absolute atomic E-state index is 0.0843. The van der Waals surface area contributed by atoms with Gasteiger partial charge in [-0.2, -0.15) is 0 Å². The van der Waals surface area contributed by atoms with Gasteiger partial charge >= 0.3 is 5.97 Å². The van der Waals surface area contributed by atoms with Crippen LogP contribution >= 0.6 is 0 Å². The third-order valence-electron chi connectivity index (χ3n) is 5.26. The Bertz CT molecular complexity index is 958. The number of hydrogen-bond donors (Lipinski definition) is 2. The van der Waals surface area contributed by atoms with Gasteiger partial charge in [-0.05, 0) is 54.3 Å². The van der Waals surface area contributed by atoms with E-state index in [1.807, 2.05) is 12.1 Å². The van der Waals surface area contributed by atoms with E-state index in [1.54, 1.807) is 30.3 Å². The third-order valence-corrected chi connectivity index (χ3v) is 5.26. The summed E-state index contributed by atoms with van der Waals surface area (Å²) in [5, 5.41) is 11.7. The molecule has 0 spiro atoms. The van der Waals surface area contributed by atoms with Gasteiger partial charge in [0.25, 0.3) is 5.91 Å². The van der Waals surface area contributed by atoms with E-state index in [0.29, 0.717) is 31.4 Å². The number of amides is 1. The highest BCUT2D eigenvalue weighted by Crippen LogP contribution is 2.32. The average Bonchev–Trinajstić information content (AvgIpc) is 2.85. The number of carbonyl (C=O) groups is 2. The molecule has 0 fully saturated rings. The van der Waals surface area contributed by atoms with E-state index in [2.05, 4.69) is 5.32 Å². The van der Waals surface area contributed by atoms with Crippen molar-refractivity contribution in [2.75, 3.05) is 20.3 Å². The molecule has 2 aromatic carbocycles. The first kappa shape index (κ1) is 24.4.